The van der Waals surface area contributed by atoms with Gasteiger partial charge in [0.1, 0.15) is 5.75 Å². The topological polar surface area (TPSA) is 71.1 Å². The molecule has 0 fully saturated rings. The molecule has 6 nitrogen and oxygen atoms in total. The Morgan fingerprint density at radius 2 is 1.93 bits per heavy atom. The second-order valence-corrected chi connectivity index (χ2v) is 6.80. The molecule has 0 radical (unpaired) electrons. The van der Waals surface area contributed by atoms with E-state index < -0.39 is 0 Å². The fourth-order valence-corrected chi connectivity index (χ4v) is 3.38. The second kappa shape index (κ2) is 8.14. The number of rotatable bonds is 6. The molecule has 1 N–H and O–H groups in total. The molecule has 6 heteroatoms. The van der Waals surface area contributed by atoms with Crippen LogP contribution < -0.4 is 4.74 Å². The van der Waals surface area contributed by atoms with Crippen LogP contribution in [0.3, 0.4) is 0 Å². The SMILES string of the molecule is CCOc1cc(C(=O)N(C)Cc2cncc3cn[nH]c23)ccc1-c1ccccc1. The minimum absolute atomic E-state index is 0.0814. The summed E-state index contributed by atoms with van der Waals surface area (Å²) in [6.07, 6.45) is 5.24. The van der Waals surface area contributed by atoms with Crippen LogP contribution in [0, 0.1) is 0 Å². The van der Waals surface area contributed by atoms with Crippen LogP contribution in [0.25, 0.3) is 22.0 Å². The van der Waals surface area contributed by atoms with E-state index in [0.29, 0.717) is 24.5 Å². The first-order chi connectivity index (χ1) is 14.2. The number of aromatic nitrogens is 3. The predicted octanol–water partition coefficient (Wildman–Crippen LogP) is 4.30. The van der Waals surface area contributed by atoms with Crippen LogP contribution in [-0.4, -0.2) is 39.6 Å². The number of nitrogens with one attached hydrogen (secondary N) is 1. The quantitative estimate of drug-likeness (QED) is 0.536. The van der Waals surface area contributed by atoms with E-state index in [2.05, 4.69) is 15.2 Å². The number of benzene rings is 2. The summed E-state index contributed by atoms with van der Waals surface area (Å²) in [6.45, 7) is 2.89. The van der Waals surface area contributed by atoms with E-state index in [0.717, 1.165) is 27.6 Å². The standard InChI is InChI=1S/C23H22N4O2/c1-3-29-21-11-17(9-10-20(21)16-7-5-4-6-8-16)23(28)27(2)15-19-13-24-12-18-14-25-26-22(18)19/h4-14H,3,15H2,1-2H3,(H,25,26). The van der Waals surface area contributed by atoms with Gasteiger partial charge in [-0.2, -0.15) is 5.10 Å². The van der Waals surface area contributed by atoms with Crippen LogP contribution in [0.2, 0.25) is 0 Å². The van der Waals surface area contributed by atoms with Gasteiger partial charge >= 0.3 is 0 Å². The zero-order chi connectivity index (χ0) is 20.2. The number of carbonyl (C=O) groups is 1. The first-order valence-electron chi connectivity index (χ1n) is 9.51. The van der Waals surface area contributed by atoms with Crippen LogP contribution in [0.5, 0.6) is 5.75 Å². The van der Waals surface area contributed by atoms with Gasteiger partial charge in [-0.1, -0.05) is 30.3 Å². The van der Waals surface area contributed by atoms with Gasteiger partial charge in [0.05, 0.1) is 18.3 Å². The highest BCUT2D eigenvalue weighted by atomic mass is 16.5. The summed E-state index contributed by atoms with van der Waals surface area (Å²) >= 11 is 0. The molecule has 0 aliphatic heterocycles. The number of aromatic amines is 1. The summed E-state index contributed by atoms with van der Waals surface area (Å²) in [5, 5.41) is 7.96. The van der Waals surface area contributed by atoms with Gasteiger partial charge in [0.2, 0.25) is 0 Å². The zero-order valence-electron chi connectivity index (χ0n) is 16.4. The summed E-state index contributed by atoms with van der Waals surface area (Å²) in [6, 6.07) is 15.6. The van der Waals surface area contributed by atoms with Gasteiger partial charge < -0.3 is 9.64 Å². The smallest absolute Gasteiger partial charge is 0.254 e. The highest BCUT2D eigenvalue weighted by molar-refractivity contribution is 5.95. The normalized spacial score (nSPS) is 10.8. The van der Waals surface area contributed by atoms with E-state index in [4.69, 9.17) is 4.74 Å². The molecular formula is C23H22N4O2. The number of H-pyrrole nitrogens is 1. The Kier molecular flexibility index (Phi) is 5.24. The predicted molar refractivity (Wildman–Crippen MR) is 113 cm³/mol. The van der Waals surface area contributed by atoms with Crippen molar-refractivity contribution >= 4 is 16.8 Å². The average Bonchev–Trinajstić information content (AvgIpc) is 3.24. The molecule has 0 saturated carbocycles. The number of amides is 1. The highest BCUT2D eigenvalue weighted by Gasteiger charge is 2.17. The Hall–Kier alpha value is -3.67. The Bertz CT molecular complexity index is 1140. The summed E-state index contributed by atoms with van der Waals surface area (Å²) in [5.74, 6) is 0.623. The van der Waals surface area contributed by atoms with E-state index in [1.54, 1.807) is 30.5 Å². The molecule has 4 aromatic rings. The summed E-state index contributed by atoms with van der Waals surface area (Å²) < 4.78 is 5.83. The van der Waals surface area contributed by atoms with Crippen molar-refractivity contribution in [3.63, 3.8) is 0 Å². The maximum absolute atomic E-state index is 13.1. The molecule has 0 atom stereocenters. The summed E-state index contributed by atoms with van der Waals surface area (Å²) in [7, 11) is 1.78. The van der Waals surface area contributed by atoms with Crippen molar-refractivity contribution in [3.8, 4) is 16.9 Å². The fraction of sp³-hybridized carbons (Fsp3) is 0.174. The van der Waals surface area contributed by atoms with Crippen LogP contribution in [-0.2, 0) is 6.54 Å². The van der Waals surface area contributed by atoms with Gasteiger partial charge in [-0.25, -0.2) is 0 Å². The van der Waals surface area contributed by atoms with Gasteiger partial charge in [0.25, 0.3) is 5.91 Å². The van der Waals surface area contributed by atoms with Crippen molar-refractivity contribution < 1.29 is 9.53 Å². The lowest BCUT2D eigenvalue weighted by Crippen LogP contribution is -2.26. The molecule has 29 heavy (non-hydrogen) atoms. The van der Waals surface area contributed by atoms with Crippen LogP contribution in [0.1, 0.15) is 22.8 Å². The monoisotopic (exact) mass is 386 g/mol. The third-order valence-electron chi connectivity index (χ3n) is 4.80. The van der Waals surface area contributed by atoms with Gasteiger partial charge in [-0.3, -0.25) is 14.9 Å². The van der Waals surface area contributed by atoms with E-state index >= 15 is 0 Å². The molecule has 0 aliphatic rings. The van der Waals surface area contributed by atoms with Gasteiger partial charge in [-0.05, 0) is 30.7 Å². The number of fused-ring (bicyclic) bond motifs is 1. The minimum atomic E-state index is -0.0814. The zero-order valence-corrected chi connectivity index (χ0v) is 16.4. The number of carbonyl (C=O) groups excluding carboxylic acids is 1. The summed E-state index contributed by atoms with van der Waals surface area (Å²) in [4.78, 5) is 19.0. The van der Waals surface area contributed by atoms with Crippen molar-refractivity contribution in [3.05, 3.63) is 78.2 Å². The molecular weight excluding hydrogens is 364 g/mol. The first kappa shape index (κ1) is 18.7. The van der Waals surface area contributed by atoms with Crippen LogP contribution in [0.4, 0.5) is 0 Å². The Morgan fingerprint density at radius 1 is 1.10 bits per heavy atom. The van der Waals surface area contributed by atoms with Crippen LogP contribution >= 0.6 is 0 Å². The molecule has 2 aromatic heterocycles. The largest absolute Gasteiger partial charge is 0.493 e. The van der Waals surface area contributed by atoms with Crippen molar-refractivity contribution in [1.29, 1.82) is 0 Å². The lowest BCUT2D eigenvalue weighted by Gasteiger charge is -2.19. The maximum Gasteiger partial charge on any atom is 0.254 e. The van der Waals surface area contributed by atoms with Crippen molar-refractivity contribution in [2.24, 2.45) is 0 Å². The van der Waals surface area contributed by atoms with E-state index in [1.165, 1.54) is 0 Å². The maximum atomic E-state index is 13.1. The highest BCUT2D eigenvalue weighted by Crippen LogP contribution is 2.31. The number of ether oxygens (including phenoxy) is 1. The van der Waals surface area contributed by atoms with Crippen molar-refractivity contribution in [1.82, 2.24) is 20.1 Å². The lowest BCUT2D eigenvalue weighted by atomic mass is 10.0. The lowest BCUT2D eigenvalue weighted by molar-refractivity contribution is 0.0785. The molecule has 146 valence electrons. The molecule has 1 amide bonds. The molecule has 0 aliphatic carbocycles. The van der Waals surface area contributed by atoms with Crippen molar-refractivity contribution in [2.75, 3.05) is 13.7 Å². The number of hydrogen-bond acceptors (Lipinski definition) is 4. The molecule has 0 spiro atoms. The second-order valence-electron chi connectivity index (χ2n) is 6.80. The van der Waals surface area contributed by atoms with Crippen molar-refractivity contribution in [2.45, 2.75) is 13.5 Å². The van der Waals surface area contributed by atoms with E-state index in [9.17, 15) is 4.79 Å². The summed E-state index contributed by atoms with van der Waals surface area (Å²) in [5.41, 5.74) is 4.43. The van der Waals surface area contributed by atoms with Gasteiger partial charge in [0.15, 0.2) is 0 Å². The number of nitrogens with zero attached hydrogens (tertiary/aromatic N) is 3. The third-order valence-corrected chi connectivity index (χ3v) is 4.80. The number of hydrogen-bond donors (Lipinski definition) is 1. The fourth-order valence-electron chi connectivity index (χ4n) is 3.38. The molecule has 0 saturated heterocycles. The van der Waals surface area contributed by atoms with Gasteiger partial charge in [0, 0.05) is 48.1 Å². The van der Waals surface area contributed by atoms with Gasteiger partial charge in [-0.15, -0.1) is 0 Å². The Labute approximate surface area is 169 Å². The average molecular weight is 386 g/mol. The molecule has 2 heterocycles. The first-order valence-corrected chi connectivity index (χ1v) is 9.51. The molecule has 4 rings (SSSR count). The van der Waals surface area contributed by atoms with E-state index in [1.807, 2.05) is 55.5 Å². The van der Waals surface area contributed by atoms with E-state index in [-0.39, 0.29) is 5.91 Å². The molecule has 2 aromatic carbocycles. The Balaban J connectivity index is 1.61. The number of pyridine rings is 1. The minimum Gasteiger partial charge on any atom is -0.493 e. The van der Waals surface area contributed by atoms with Crippen LogP contribution in [0.15, 0.2) is 67.1 Å². The molecule has 0 bridgehead atoms. The third kappa shape index (κ3) is 3.82. The molecule has 0 unspecified atom stereocenters. The Morgan fingerprint density at radius 3 is 2.72 bits per heavy atom.